The van der Waals surface area contributed by atoms with Crippen LogP contribution in [0.1, 0.15) is 27.2 Å². The summed E-state index contributed by atoms with van der Waals surface area (Å²) in [5.74, 6) is -1.05. The van der Waals surface area contributed by atoms with E-state index in [0.717, 1.165) is 13.0 Å². The lowest BCUT2D eigenvalue weighted by Gasteiger charge is -2.38. The van der Waals surface area contributed by atoms with Crippen molar-refractivity contribution in [3.63, 3.8) is 0 Å². The van der Waals surface area contributed by atoms with Gasteiger partial charge in [0.05, 0.1) is 0 Å². The third-order valence-electron chi connectivity index (χ3n) is 4.00. The summed E-state index contributed by atoms with van der Waals surface area (Å²) in [4.78, 5) is 27.2. The fraction of sp³-hybridized carbons (Fsp3) is 0.846. The van der Waals surface area contributed by atoms with Crippen molar-refractivity contribution in [1.82, 2.24) is 15.1 Å². The average Bonchev–Trinajstić information content (AvgIpc) is 2.37. The summed E-state index contributed by atoms with van der Waals surface area (Å²) in [5.41, 5.74) is 0. The van der Waals surface area contributed by atoms with Crippen LogP contribution in [0.15, 0.2) is 0 Å². The maximum atomic E-state index is 12.1. The molecular weight excluding hydrogens is 246 g/mol. The fourth-order valence-electron chi connectivity index (χ4n) is 2.14. The third kappa shape index (κ3) is 4.09. The number of carboxylic acids is 1. The van der Waals surface area contributed by atoms with Crippen LogP contribution in [0.2, 0.25) is 0 Å². The largest absolute Gasteiger partial charge is 0.480 e. The van der Waals surface area contributed by atoms with Crippen LogP contribution < -0.4 is 5.32 Å². The quantitative estimate of drug-likeness (QED) is 0.794. The molecule has 1 heterocycles. The Morgan fingerprint density at radius 3 is 2.53 bits per heavy atom. The van der Waals surface area contributed by atoms with Crippen molar-refractivity contribution in [1.29, 1.82) is 0 Å². The van der Waals surface area contributed by atoms with Gasteiger partial charge in [-0.1, -0.05) is 20.3 Å². The van der Waals surface area contributed by atoms with Crippen LogP contribution in [-0.2, 0) is 4.79 Å². The van der Waals surface area contributed by atoms with E-state index in [1.54, 1.807) is 4.90 Å². The number of hydrogen-bond donors (Lipinski definition) is 2. The summed E-state index contributed by atoms with van der Waals surface area (Å²) >= 11 is 0. The molecule has 0 spiro atoms. The summed E-state index contributed by atoms with van der Waals surface area (Å²) < 4.78 is 0. The van der Waals surface area contributed by atoms with Gasteiger partial charge in [0.1, 0.15) is 6.04 Å². The van der Waals surface area contributed by atoms with Crippen molar-refractivity contribution in [2.75, 3.05) is 26.7 Å². The average molecular weight is 271 g/mol. The maximum Gasteiger partial charge on any atom is 0.326 e. The highest BCUT2D eigenvalue weighted by Crippen LogP contribution is 2.11. The summed E-state index contributed by atoms with van der Waals surface area (Å²) in [6.07, 6.45) is 0.719. The molecule has 3 atom stereocenters. The lowest BCUT2D eigenvalue weighted by Crippen LogP contribution is -2.57. The molecule has 1 saturated heterocycles. The Kier molecular flexibility index (Phi) is 5.60. The Bertz CT molecular complexity index is 335. The molecule has 0 bridgehead atoms. The smallest absolute Gasteiger partial charge is 0.326 e. The number of nitrogens with one attached hydrogen (secondary N) is 1. The molecule has 1 aliphatic rings. The van der Waals surface area contributed by atoms with Crippen LogP contribution in [0.3, 0.4) is 0 Å². The second-order valence-electron chi connectivity index (χ2n) is 5.43. The number of carbonyl (C=O) groups excluding carboxylic acids is 1. The molecule has 2 amide bonds. The predicted molar refractivity (Wildman–Crippen MR) is 73.1 cm³/mol. The van der Waals surface area contributed by atoms with Gasteiger partial charge >= 0.3 is 12.0 Å². The van der Waals surface area contributed by atoms with E-state index in [0.29, 0.717) is 19.1 Å². The van der Waals surface area contributed by atoms with Crippen LogP contribution in [-0.4, -0.2) is 65.7 Å². The van der Waals surface area contributed by atoms with Gasteiger partial charge in [-0.15, -0.1) is 0 Å². The predicted octanol–water partition coefficient (Wildman–Crippen LogP) is 0.831. The van der Waals surface area contributed by atoms with Crippen molar-refractivity contribution in [3.8, 4) is 0 Å². The number of urea groups is 1. The van der Waals surface area contributed by atoms with Gasteiger partial charge in [-0.2, -0.15) is 0 Å². The van der Waals surface area contributed by atoms with E-state index in [9.17, 15) is 14.7 Å². The number of rotatable bonds is 4. The molecule has 2 unspecified atom stereocenters. The number of likely N-dealkylation sites (N-methyl/N-ethyl adjacent to an activating group) is 1. The van der Waals surface area contributed by atoms with E-state index in [1.165, 1.54) is 0 Å². The molecule has 2 N–H and O–H groups in total. The molecule has 19 heavy (non-hydrogen) atoms. The van der Waals surface area contributed by atoms with E-state index in [-0.39, 0.29) is 11.9 Å². The number of aliphatic carboxylic acids is 1. The molecule has 1 rings (SSSR count). The van der Waals surface area contributed by atoms with E-state index in [4.69, 9.17) is 0 Å². The minimum Gasteiger partial charge on any atom is -0.480 e. The Morgan fingerprint density at radius 2 is 2.05 bits per heavy atom. The monoisotopic (exact) mass is 271 g/mol. The zero-order valence-electron chi connectivity index (χ0n) is 12.2. The van der Waals surface area contributed by atoms with Crippen molar-refractivity contribution >= 4 is 12.0 Å². The van der Waals surface area contributed by atoms with Gasteiger partial charge in [0.25, 0.3) is 0 Å². The molecule has 6 heteroatoms. The van der Waals surface area contributed by atoms with Gasteiger partial charge < -0.3 is 20.2 Å². The summed E-state index contributed by atoms with van der Waals surface area (Å²) in [6.45, 7) is 7.91. The van der Waals surface area contributed by atoms with Gasteiger partial charge in [-0.25, -0.2) is 9.59 Å². The van der Waals surface area contributed by atoms with E-state index in [1.807, 2.05) is 20.9 Å². The number of carboxylic acid groups (broad SMARTS) is 1. The highest BCUT2D eigenvalue weighted by Gasteiger charge is 2.30. The molecule has 6 nitrogen and oxygen atoms in total. The van der Waals surface area contributed by atoms with Gasteiger partial charge in [0, 0.05) is 25.7 Å². The lowest BCUT2D eigenvalue weighted by molar-refractivity contribution is -0.140. The first-order valence-corrected chi connectivity index (χ1v) is 6.85. The summed E-state index contributed by atoms with van der Waals surface area (Å²) in [6, 6.07) is -0.786. The van der Waals surface area contributed by atoms with Crippen LogP contribution >= 0.6 is 0 Å². The Morgan fingerprint density at radius 1 is 1.42 bits per heavy atom. The van der Waals surface area contributed by atoms with Gasteiger partial charge in [-0.05, 0) is 19.9 Å². The van der Waals surface area contributed by atoms with Crippen molar-refractivity contribution in [3.05, 3.63) is 0 Å². The number of piperazine rings is 1. The van der Waals surface area contributed by atoms with E-state index >= 15 is 0 Å². The molecule has 0 saturated carbocycles. The van der Waals surface area contributed by atoms with E-state index < -0.39 is 12.0 Å². The van der Waals surface area contributed by atoms with Gasteiger partial charge in [0.15, 0.2) is 0 Å². The highest BCUT2D eigenvalue weighted by molar-refractivity contribution is 5.82. The molecule has 0 radical (unpaired) electrons. The maximum absolute atomic E-state index is 12.1. The Labute approximate surface area is 114 Å². The van der Waals surface area contributed by atoms with E-state index in [2.05, 4.69) is 17.1 Å². The first-order chi connectivity index (χ1) is 8.86. The molecule has 0 aromatic heterocycles. The molecule has 1 fully saturated rings. The molecule has 1 aliphatic heterocycles. The number of hydrogen-bond acceptors (Lipinski definition) is 3. The molecule has 0 aromatic rings. The van der Waals surface area contributed by atoms with Crippen LogP contribution in [0.4, 0.5) is 4.79 Å². The molecule has 0 aliphatic carbocycles. The number of amides is 2. The molecule has 0 aromatic carbocycles. The minimum atomic E-state index is -0.968. The molecule has 110 valence electrons. The van der Waals surface area contributed by atoms with Crippen LogP contribution in [0, 0.1) is 5.92 Å². The van der Waals surface area contributed by atoms with Crippen LogP contribution in [0.25, 0.3) is 0 Å². The first kappa shape index (κ1) is 15.8. The third-order valence-corrected chi connectivity index (χ3v) is 4.00. The Balaban J connectivity index is 2.60. The van der Waals surface area contributed by atoms with Gasteiger partial charge in [-0.3, -0.25) is 0 Å². The summed E-state index contributed by atoms with van der Waals surface area (Å²) in [5, 5.41) is 11.8. The topological polar surface area (TPSA) is 72.9 Å². The lowest BCUT2D eigenvalue weighted by atomic mass is 9.99. The molecular formula is C13H25N3O3. The first-order valence-electron chi connectivity index (χ1n) is 6.85. The van der Waals surface area contributed by atoms with Crippen LogP contribution in [0.5, 0.6) is 0 Å². The normalized spacial score (nSPS) is 23.8. The number of carbonyl (C=O) groups is 2. The van der Waals surface area contributed by atoms with Gasteiger partial charge in [0.2, 0.25) is 0 Å². The highest BCUT2D eigenvalue weighted by atomic mass is 16.4. The minimum absolute atomic E-state index is 0.0775. The second-order valence-corrected chi connectivity index (χ2v) is 5.43. The summed E-state index contributed by atoms with van der Waals surface area (Å²) in [7, 11) is 2.03. The zero-order chi connectivity index (χ0) is 14.6. The Hall–Kier alpha value is -1.30. The SMILES string of the molecule is CCC(C)[C@H](NC(=O)N1CCN(C)C(C)C1)C(=O)O. The zero-order valence-corrected chi connectivity index (χ0v) is 12.2. The number of nitrogens with zero attached hydrogens (tertiary/aromatic N) is 2. The van der Waals surface area contributed by atoms with Crippen molar-refractivity contribution in [2.24, 2.45) is 5.92 Å². The fourth-order valence-corrected chi connectivity index (χ4v) is 2.14. The second kappa shape index (κ2) is 6.75. The standard InChI is InChI=1S/C13H25N3O3/c1-5-9(2)11(12(17)18)14-13(19)16-7-6-15(4)10(3)8-16/h9-11H,5-8H2,1-4H3,(H,14,19)(H,17,18)/t9?,10?,11-/m0/s1. The van der Waals surface area contributed by atoms with Crippen molar-refractivity contribution < 1.29 is 14.7 Å². The van der Waals surface area contributed by atoms with Crippen molar-refractivity contribution in [2.45, 2.75) is 39.3 Å².